The molecular weight excluding hydrogens is 161 g/mol. The molecule has 0 aromatic heterocycles. The SMILES string of the molecule is CSC1(CNCCCF)CC1. The highest BCUT2D eigenvalue weighted by molar-refractivity contribution is 8.00. The lowest BCUT2D eigenvalue weighted by molar-refractivity contribution is 0.459. The van der Waals surface area contributed by atoms with Crippen molar-refractivity contribution in [2.24, 2.45) is 0 Å². The summed E-state index contributed by atoms with van der Waals surface area (Å²) in [5.41, 5.74) is 0. The second kappa shape index (κ2) is 4.31. The van der Waals surface area contributed by atoms with E-state index >= 15 is 0 Å². The van der Waals surface area contributed by atoms with E-state index in [1.165, 1.54) is 12.8 Å². The van der Waals surface area contributed by atoms with Gasteiger partial charge in [-0.15, -0.1) is 0 Å². The monoisotopic (exact) mass is 177 g/mol. The fraction of sp³-hybridized carbons (Fsp3) is 1.00. The van der Waals surface area contributed by atoms with Gasteiger partial charge in [-0.3, -0.25) is 4.39 Å². The highest BCUT2D eigenvalue weighted by Crippen LogP contribution is 2.46. The maximum absolute atomic E-state index is 11.7. The van der Waals surface area contributed by atoms with Crippen LogP contribution in [0.5, 0.6) is 0 Å². The second-order valence-corrected chi connectivity index (χ2v) is 4.38. The number of thioether (sulfide) groups is 1. The molecule has 1 aliphatic carbocycles. The van der Waals surface area contributed by atoms with Gasteiger partial charge in [0.2, 0.25) is 0 Å². The molecule has 1 rings (SSSR count). The van der Waals surface area contributed by atoms with E-state index in [1.807, 2.05) is 11.8 Å². The molecule has 0 aromatic rings. The summed E-state index contributed by atoms with van der Waals surface area (Å²) in [6, 6.07) is 0. The summed E-state index contributed by atoms with van der Waals surface area (Å²) >= 11 is 1.94. The zero-order chi connectivity index (χ0) is 8.16. The Bertz CT molecular complexity index is 115. The molecule has 0 aromatic carbocycles. The molecule has 0 atom stereocenters. The summed E-state index contributed by atoms with van der Waals surface area (Å²) in [6.45, 7) is 1.70. The van der Waals surface area contributed by atoms with Crippen LogP contribution in [0.2, 0.25) is 0 Å². The van der Waals surface area contributed by atoms with E-state index in [0.717, 1.165) is 13.1 Å². The first kappa shape index (κ1) is 9.33. The van der Waals surface area contributed by atoms with Crippen molar-refractivity contribution in [2.45, 2.75) is 24.0 Å². The van der Waals surface area contributed by atoms with Crippen molar-refractivity contribution in [3.05, 3.63) is 0 Å². The molecular formula is C8H16FNS. The molecule has 1 fully saturated rings. The van der Waals surface area contributed by atoms with E-state index in [4.69, 9.17) is 0 Å². The molecule has 0 heterocycles. The Morgan fingerprint density at radius 3 is 2.73 bits per heavy atom. The van der Waals surface area contributed by atoms with E-state index < -0.39 is 0 Å². The van der Waals surface area contributed by atoms with Gasteiger partial charge in [0.05, 0.1) is 6.67 Å². The minimum absolute atomic E-state index is 0.195. The van der Waals surface area contributed by atoms with Crippen molar-refractivity contribution < 1.29 is 4.39 Å². The van der Waals surface area contributed by atoms with Crippen LogP contribution >= 0.6 is 11.8 Å². The van der Waals surface area contributed by atoms with Gasteiger partial charge in [0.15, 0.2) is 0 Å². The topological polar surface area (TPSA) is 12.0 Å². The molecule has 1 N–H and O–H groups in total. The van der Waals surface area contributed by atoms with Crippen molar-refractivity contribution in [3.63, 3.8) is 0 Å². The van der Waals surface area contributed by atoms with Gasteiger partial charge >= 0.3 is 0 Å². The van der Waals surface area contributed by atoms with E-state index in [1.54, 1.807) is 0 Å². The predicted octanol–water partition coefficient (Wildman–Crippen LogP) is 1.83. The third kappa shape index (κ3) is 2.99. The molecule has 0 bridgehead atoms. The average molecular weight is 177 g/mol. The van der Waals surface area contributed by atoms with Crippen LogP contribution < -0.4 is 5.32 Å². The minimum atomic E-state index is -0.195. The van der Waals surface area contributed by atoms with Crippen molar-refractivity contribution in [3.8, 4) is 0 Å². The van der Waals surface area contributed by atoms with Gasteiger partial charge in [-0.2, -0.15) is 11.8 Å². The zero-order valence-electron chi connectivity index (χ0n) is 7.03. The molecule has 0 spiro atoms. The molecule has 11 heavy (non-hydrogen) atoms. The van der Waals surface area contributed by atoms with E-state index in [-0.39, 0.29) is 6.67 Å². The van der Waals surface area contributed by atoms with Crippen LogP contribution in [0, 0.1) is 0 Å². The number of hydrogen-bond donors (Lipinski definition) is 1. The Kier molecular flexibility index (Phi) is 3.66. The average Bonchev–Trinajstić information content (AvgIpc) is 2.80. The summed E-state index contributed by atoms with van der Waals surface area (Å²) in [6.07, 6.45) is 5.47. The third-order valence-electron chi connectivity index (χ3n) is 2.18. The van der Waals surface area contributed by atoms with Crippen molar-refractivity contribution in [2.75, 3.05) is 26.0 Å². The van der Waals surface area contributed by atoms with Gasteiger partial charge in [-0.1, -0.05) is 0 Å². The quantitative estimate of drug-likeness (QED) is 0.621. The lowest BCUT2D eigenvalue weighted by Gasteiger charge is -2.11. The summed E-state index contributed by atoms with van der Waals surface area (Å²) in [5.74, 6) is 0. The minimum Gasteiger partial charge on any atom is -0.315 e. The lowest BCUT2D eigenvalue weighted by Crippen LogP contribution is -2.26. The highest BCUT2D eigenvalue weighted by atomic mass is 32.2. The molecule has 0 unspecified atom stereocenters. The fourth-order valence-electron chi connectivity index (χ4n) is 1.10. The standard InChI is InChI=1S/C8H16FNS/c1-11-8(3-4-8)7-10-6-2-5-9/h10H,2-7H2,1H3. The number of rotatable bonds is 6. The number of halogens is 1. The number of alkyl halides is 1. The van der Waals surface area contributed by atoms with Crippen LogP contribution in [0.15, 0.2) is 0 Å². The van der Waals surface area contributed by atoms with Gasteiger partial charge in [0, 0.05) is 11.3 Å². The molecule has 1 aliphatic rings. The van der Waals surface area contributed by atoms with Crippen molar-refractivity contribution in [1.29, 1.82) is 0 Å². The van der Waals surface area contributed by atoms with Gasteiger partial charge in [0.1, 0.15) is 0 Å². The second-order valence-electron chi connectivity index (χ2n) is 3.11. The summed E-state index contributed by atoms with van der Waals surface area (Å²) < 4.78 is 12.2. The Morgan fingerprint density at radius 2 is 2.27 bits per heavy atom. The molecule has 1 saturated carbocycles. The van der Waals surface area contributed by atoms with Crippen molar-refractivity contribution in [1.82, 2.24) is 5.32 Å². The van der Waals surface area contributed by atoms with E-state index in [2.05, 4.69) is 11.6 Å². The fourth-order valence-corrected chi connectivity index (χ4v) is 1.86. The van der Waals surface area contributed by atoms with Crippen LogP contribution in [0.1, 0.15) is 19.3 Å². The van der Waals surface area contributed by atoms with Crippen LogP contribution in [0.4, 0.5) is 4.39 Å². The molecule has 1 nitrogen and oxygen atoms in total. The Labute approximate surface area is 72.1 Å². The summed E-state index contributed by atoms with van der Waals surface area (Å²) in [7, 11) is 0. The summed E-state index contributed by atoms with van der Waals surface area (Å²) in [5, 5.41) is 3.28. The van der Waals surface area contributed by atoms with Crippen molar-refractivity contribution >= 4 is 11.8 Å². The smallest absolute Gasteiger partial charge is 0.0906 e. The Hall–Kier alpha value is 0.240. The largest absolute Gasteiger partial charge is 0.315 e. The predicted molar refractivity (Wildman–Crippen MR) is 48.9 cm³/mol. The zero-order valence-corrected chi connectivity index (χ0v) is 7.85. The van der Waals surface area contributed by atoms with Gasteiger partial charge in [-0.05, 0) is 32.1 Å². The van der Waals surface area contributed by atoms with Crippen LogP contribution in [0.25, 0.3) is 0 Å². The molecule has 0 amide bonds. The molecule has 0 aliphatic heterocycles. The first-order valence-electron chi connectivity index (χ1n) is 4.15. The van der Waals surface area contributed by atoms with E-state index in [9.17, 15) is 4.39 Å². The van der Waals surface area contributed by atoms with E-state index in [0.29, 0.717) is 11.2 Å². The maximum Gasteiger partial charge on any atom is 0.0906 e. The first-order chi connectivity index (χ1) is 5.33. The van der Waals surface area contributed by atoms with Crippen LogP contribution in [-0.2, 0) is 0 Å². The van der Waals surface area contributed by atoms with Gasteiger partial charge in [-0.25, -0.2) is 0 Å². The van der Waals surface area contributed by atoms with Gasteiger partial charge < -0.3 is 5.32 Å². The van der Waals surface area contributed by atoms with Crippen LogP contribution in [0.3, 0.4) is 0 Å². The molecule has 66 valence electrons. The highest BCUT2D eigenvalue weighted by Gasteiger charge is 2.41. The Balaban J connectivity index is 1.94. The normalized spacial score (nSPS) is 20.2. The molecule has 0 saturated heterocycles. The number of nitrogens with one attached hydrogen (secondary N) is 1. The van der Waals surface area contributed by atoms with Crippen LogP contribution in [-0.4, -0.2) is 30.8 Å². The molecule has 3 heteroatoms. The molecule has 0 radical (unpaired) electrons. The maximum atomic E-state index is 11.7. The van der Waals surface area contributed by atoms with Gasteiger partial charge in [0.25, 0.3) is 0 Å². The summed E-state index contributed by atoms with van der Waals surface area (Å²) in [4.78, 5) is 0. The number of hydrogen-bond acceptors (Lipinski definition) is 2. The first-order valence-corrected chi connectivity index (χ1v) is 5.37. The third-order valence-corrected chi connectivity index (χ3v) is 3.59. The lowest BCUT2D eigenvalue weighted by atomic mass is 10.4. The Morgan fingerprint density at radius 1 is 1.55 bits per heavy atom.